The van der Waals surface area contributed by atoms with E-state index in [-0.39, 0.29) is 35.1 Å². The number of hydrogen-bond acceptors (Lipinski definition) is 6. The molecule has 0 fully saturated rings. The average molecular weight is 372 g/mol. The van der Waals surface area contributed by atoms with Gasteiger partial charge in [0.25, 0.3) is 0 Å². The number of aromatic nitrogens is 1. The monoisotopic (exact) mass is 372 g/mol. The fourth-order valence-corrected chi connectivity index (χ4v) is 1.95. The number of ether oxygens (including phenoxy) is 2. The zero-order valence-electron chi connectivity index (χ0n) is 15.3. The van der Waals surface area contributed by atoms with Crippen LogP contribution in [0.3, 0.4) is 0 Å². The van der Waals surface area contributed by atoms with Crippen molar-refractivity contribution >= 4 is 17.6 Å². The Balaban J connectivity index is 2.13. The predicted octanol–water partition coefficient (Wildman–Crippen LogP) is 3.05. The van der Waals surface area contributed by atoms with E-state index in [1.54, 1.807) is 20.8 Å². The lowest BCUT2D eigenvalue weighted by Crippen LogP contribution is -2.32. The normalized spacial score (nSPS) is 10.5. The number of benzene rings is 1. The Hall–Kier alpha value is -3.47. The van der Waals surface area contributed by atoms with E-state index in [9.17, 15) is 9.18 Å². The maximum atomic E-state index is 13.9. The minimum Gasteiger partial charge on any atom is -0.453 e. The second-order valence-corrected chi connectivity index (χ2v) is 6.52. The van der Waals surface area contributed by atoms with Crippen LogP contribution in [0.5, 0.6) is 11.5 Å². The zero-order chi connectivity index (χ0) is 20.0. The molecule has 0 aliphatic heterocycles. The van der Waals surface area contributed by atoms with Gasteiger partial charge in [0.15, 0.2) is 11.6 Å². The van der Waals surface area contributed by atoms with Crippen molar-refractivity contribution in [3.8, 4) is 23.3 Å². The standard InChI is InChI=1S/C19H21FN4O3/c1-19(2,3)27-18(25)24-9-4-5-13-15(8-10-23-17(13)22)26-16-7-6-12(21)11-14(16)20/h6-8,10-11H,9,21H2,1-3H3,(H2,22,23)(H,24,25). The van der Waals surface area contributed by atoms with Gasteiger partial charge < -0.3 is 26.3 Å². The van der Waals surface area contributed by atoms with Crippen LogP contribution in [-0.2, 0) is 4.74 Å². The number of alkyl carbamates (subject to hydrolysis) is 1. The third-order valence-electron chi connectivity index (χ3n) is 3.05. The molecular formula is C19H21FN4O3. The van der Waals surface area contributed by atoms with Gasteiger partial charge in [0.1, 0.15) is 22.7 Å². The van der Waals surface area contributed by atoms with Crippen LogP contribution in [0.4, 0.5) is 20.7 Å². The maximum absolute atomic E-state index is 13.9. The average Bonchev–Trinajstić information content (AvgIpc) is 2.54. The first-order chi connectivity index (χ1) is 12.7. The van der Waals surface area contributed by atoms with Gasteiger partial charge in [-0.05, 0) is 32.9 Å². The Morgan fingerprint density at radius 3 is 2.67 bits per heavy atom. The number of carbonyl (C=O) groups is 1. The molecule has 142 valence electrons. The van der Waals surface area contributed by atoms with Crippen molar-refractivity contribution in [2.24, 2.45) is 0 Å². The summed E-state index contributed by atoms with van der Waals surface area (Å²) >= 11 is 0. The van der Waals surface area contributed by atoms with Crippen LogP contribution in [0, 0.1) is 17.7 Å². The second kappa shape index (κ2) is 8.27. The molecule has 0 unspecified atom stereocenters. The minimum absolute atomic E-state index is 0.0234. The van der Waals surface area contributed by atoms with E-state index in [4.69, 9.17) is 20.9 Å². The van der Waals surface area contributed by atoms with Crippen molar-refractivity contribution in [2.75, 3.05) is 18.0 Å². The summed E-state index contributed by atoms with van der Waals surface area (Å²) in [7, 11) is 0. The van der Waals surface area contributed by atoms with Gasteiger partial charge in [0.05, 0.1) is 6.54 Å². The van der Waals surface area contributed by atoms with Gasteiger partial charge in [-0.1, -0.05) is 11.8 Å². The molecule has 1 amide bonds. The smallest absolute Gasteiger partial charge is 0.408 e. The minimum atomic E-state index is -0.615. The summed E-state index contributed by atoms with van der Waals surface area (Å²) in [6, 6.07) is 5.58. The van der Waals surface area contributed by atoms with Crippen molar-refractivity contribution < 1.29 is 18.7 Å². The molecule has 8 heteroatoms. The van der Waals surface area contributed by atoms with E-state index in [1.807, 2.05) is 0 Å². The Kier molecular flexibility index (Phi) is 6.08. The van der Waals surface area contributed by atoms with E-state index in [1.165, 1.54) is 24.4 Å². The maximum Gasteiger partial charge on any atom is 0.408 e. The van der Waals surface area contributed by atoms with Crippen molar-refractivity contribution in [3.63, 3.8) is 0 Å². The molecular weight excluding hydrogens is 351 g/mol. The molecule has 2 rings (SSSR count). The Morgan fingerprint density at radius 1 is 1.26 bits per heavy atom. The van der Waals surface area contributed by atoms with E-state index >= 15 is 0 Å². The molecule has 1 aromatic heterocycles. The van der Waals surface area contributed by atoms with Crippen LogP contribution in [0.25, 0.3) is 0 Å². The Bertz CT molecular complexity index is 898. The number of nitrogens with one attached hydrogen (secondary N) is 1. The molecule has 5 N–H and O–H groups in total. The van der Waals surface area contributed by atoms with Crippen LogP contribution in [0.1, 0.15) is 26.3 Å². The lowest BCUT2D eigenvalue weighted by Gasteiger charge is -2.19. The van der Waals surface area contributed by atoms with Crippen molar-refractivity contribution in [2.45, 2.75) is 26.4 Å². The number of nitrogens with zero attached hydrogens (tertiary/aromatic N) is 1. The summed E-state index contributed by atoms with van der Waals surface area (Å²) in [6.07, 6.45) is 0.834. The second-order valence-electron chi connectivity index (χ2n) is 6.52. The number of nitrogens with two attached hydrogens (primary N) is 2. The quantitative estimate of drug-likeness (QED) is 0.564. The van der Waals surface area contributed by atoms with Crippen molar-refractivity contribution in [3.05, 3.63) is 41.8 Å². The summed E-state index contributed by atoms with van der Waals surface area (Å²) < 4.78 is 24.6. The van der Waals surface area contributed by atoms with Crippen molar-refractivity contribution in [1.29, 1.82) is 0 Å². The zero-order valence-corrected chi connectivity index (χ0v) is 15.3. The molecule has 0 bridgehead atoms. The number of hydrogen-bond donors (Lipinski definition) is 3. The topological polar surface area (TPSA) is 112 Å². The lowest BCUT2D eigenvalue weighted by atomic mass is 10.2. The Morgan fingerprint density at radius 2 is 2.00 bits per heavy atom. The summed E-state index contributed by atoms with van der Waals surface area (Å²) in [4.78, 5) is 15.5. The molecule has 0 radical (unpaired) electrons. The number of halogens is 1. The fourth-order valence-electron chi connectivity index (χ4n) is 1.95. The van der Waals surface area contributed by atoms with Gasteiger partial charge in [0, 0.05) is 24.0 Å². The molecule has 27 heavy (non-hydrogen) atoms. The van der Waals surface area contributed by atoms with E-state index in [2.05, 4.69) is 22.1 Å². The lowest BCUT2D eigenvalue weighted by molar-refractivity contribution is 0.0535. The van der Waals surface area contributed by atoms with Crippen LogP contribution in [-0.4, -0.2) is 23.2 Å². The molecule has 0 atom stereocenters. The SMILES string of the molecule is CC(C)(C)OC(=O)NCC#Cc1c(Oc2ccc(N)cc2F)ccnc1N. The van der Waals surface area contributed by atoms with Gasteiger partial charge in [-0.3, -0.25) is 0 Å². The van der Waals surface area contributed by atoms with Gasteiger partial charge >= 0.3 is 6.09 Å². The highest BCUT2D eigenvalue weighted by molar-refractivity contribution is 5.68. The number of pyridine rings is 1. The molecule has 2 aromatic rings. The molecule has 7 nitrogen and oxygen atoms in total. The van der Waals surface area contributed by atoms with Crippen LogP contribution in [0.2, 0.25) is 0 Å². The summed E-state index contributed by atoms with van der Waals surface area (Å²) in [5.41, 5.74) is 11.3. The molecule has 1 heterocycles. The van der Waals surface area contributed by atoms with Gasteiger partial charge in [-0.25, -0.2) is 14.2 Å². The molecule has 0 saturated heterocycles. The first-order valence-corrected chi connectivity index (χ1v) is 8.09. The van der Waals surface area contributed by atoms with Crippen molar-refractivity contribution in [1.82, 2.24) is 10.3 Å². The third kappa shape index (κ3) is 6.08. The van der Waals surface area contributed by atoms with Gasteiger partial charge in [0.2, 0.25) is 0 Å². The first kappa shape index (κ1) is 19.8. The molecule has 0 saturated carbocycles. The van der Waals surface area contributed by atoms with Crippen LogP contribution in [0.15, 0.2) is 30.5 Å². The summed E-state index contributed by atoms with van der Waals surface area (Å²) in [6.45, 7) is 5.30. The Labute approximate surface area is 156 Å². The van der Waals surface area contributed by atoms with Crippen LogP contribution >= 0.6 is 0 Å². The molecule has 0 aliphatic carbocycles. The van der Waals surface area contributed by atoms with Gasteiger partial charge in [-0.15, -0.1) is 0 Å². The largest absolute Gasteiger partial charge is 0.453 e. The fraction of sp³-hybridized carbons (Fsp3) is 0.263. The van der Waals surface area contributed by atoms with E-state index in [0.717, 1.165) is 6.07 Å². The number of anilines is 2. The van der Waals surface area contributed by atoms with E-state index < -0.39 is 17.5 Å². The number of rotatable bonds is 3. The first-order valence-electron chi connectivity index (χ1n) is 8.09. The number of amides is 1. The summed E-state index contributed by atoms with van der Waals surface area (Å²) in [5.74, 6) is 5.22. The summed E-state index contributed by atoms with van der Waals surface area (Å²) in [5, 5.41) is 2.50. The highest BCUT2D eigenvalue weighted by Gasteiger charge is 2.15. The molecule has 0 aliphatic rings. The van der Waals surface area contributed by atoms with Gasteiger partial charge in [-0.2, -0.15) is 0 Å². The highest BCUT2D eigenvalue weighted by Crippen LogP contribution is 2.29. The number of nitrogen functional groups attached to an aromatic ring is 2. The predicted molar refractivity (Wildman–Crippen MR) is 101 cm³/mol. The highest BCUT2D eigenvalue weighted by atomic mass is 19.1. The molecule has 1 aromatic carbocycles. The van der Waals surface area contributed by atoms with E-state index in [0.29, 0.717) is 0 Å². The van der Waals surface area contributed by atoms with Crippen LogP contribution < -0.4 is 21.5 Å². The number of carbonyl (C=O) groups excluding carboxylic acids is 1. The third-order valence-corrected chi connectivity index (χ3v) is 3.05. The molecule has 0 spiro atoms.